The molecule has 0 saturated carbocycles. The lowest BCUT2D eigenvalue weighted by Gasteiger charge is -2.28. The van der Waals surface area contributed by atoms with Crippen molar-refractivity contribution < 1.29 is 0 Å². The van der Waals surface area contributed by atoms with E-state index in [0.717, 1.165) is 6.42 Å². The Morgan fingerprint density at radius 1 is 0.950 bits per heavy atom. The van der Waals surface area contributed by atoms with Crippen molar-refractivity contribution in [3.63, 3.8) is 0 Å². The third kappa shape index (κ3) is 4.36. The molecule has 1 N–H and O–H groups in total. The van der Waals surface area contributed by atoms with Crippen molar-refractivity contribution in [2.45, 2.75) is 97.8 Å². The fraction of sp³-hybridized carbons (Fsp3) is 0.833. The second kappa shape index (κ2) is 6.78. The summed E-state index contributed by atoms with van der Waals surface area (Å²) < 4.78 is 0. The molecule has 0 aliphatic heterocycles. The topological polar surface area (TPSA) is 28.7 Å². The van der Waals surface area contributed by atoms with Crippen LogP contribution in [0.25, 0.3) is 0 Å². The Morgan fingerprint density at radius 2 is 1.60 bits per heavy atom. The van der Waals surface area contributed by atoms with E-state index >= 15 is 0 Å². The second-order valence-electron chi connectivity index (χ2n) is 7.75. The lowest BCUT2D eigenvalue weighted by Crippen LogP contribution is -2.24. The van der Waals surface area contributed by atoms with Gasteiger partial charge in [0.05, 0.1) is 5.69 Å². The van der Waals surface area contributed by atoms with E-state index in [9.17, 15) is 0 Å². The number of aryl methyl sites for hydroxylation is 1. The van der Waals surface area contributed by atoms with Gasteiger partial charge in [-0.15, -0.1) is 0 Å². The molecular weight excluding hydrogens is 244 g/mol. The minimum atomic E-state index is 0.111. The maximum absolute atomic E-state index is 4.95. The quantitative estimate of drug-likeness (QED) is 0.654. The van der Waals surface area contributed by atoms with E-state index in [0.29, 0.717) is 0 Å². The molecule has 0 aliphatic rings. The fourth-order valence-corrected chi connectivity index (χ4v) is 2.87. The highest BCUT2D eigenvalue weighted by Gasteiger charge is 2.31. The van der Waals surface area contributed by atoms with Crippen molar-refractivity contribution >= 4 is 0 Å². The zero-order chi connectivity index (χ0) is 15.4. The van der Waals surface area contributed by atoms with E-state index in [1.165, 1.54) is 49.3 Å². The van der Waals surface area contributed by atoms with Gasteiger partial charge >= 0.3 is 0 Å². The molecule has 1 aromatic rings. The van der Waals surface area contributed by atoms with Crippen LogP contribution < -0.4 is 0 Å². The summed E-state index contributed by atoms with van der Waals surface area (Å²) in [5.41, 5.74) is 2.92. The first-order valence-corrected chi connectivity index (χ1v) is 8.32. The van der Waals surface area contributed by atoms with Gasteiger partial charge in [-0.25, -0.2) is 4.98 Å². The van der Waals surface area contributed by atoms with Gasteiger partial charge in [0, 0.05) is 22.9 Å². The van der Waals surface area contributed by atoms with Crippen LogP contribution in [0.4, 0.5) is 0 Å². The van der Waals surface area contributed by atoms with Crippen molar-refractivity contribution in [3.05, 3.63) is 17.2 Å². The lowest BCUT2D eigenvalue weighted by atomic mass is 9.78. The average Bonchev–Trinajstić information content (AvgIpc) is 2.74. The summed E-state index contributed by atoms with van der Waals surface area (Å²) in [6.45, 7) is 16.0. The summed E-state index contributed by atoms with van der Waals surface area (Å²) in [6.07, 6.45) is 7.29. The van der Waals surface area contributed by atoms with Gasteiger partial charge in [-0.2, -0.15) is 0 Å². The van der Waals surface area contributed by atoms with Crippen molar-refractivity contribution in [3.8, 4) is 0 Å². The first-order chi connectivity index (χ1) is 9.22. The van der Waals surface area contributed by atoms with Gasteiger partial charge in [0.15, 0.2) is 0 Å². The largest absolute Gasteiger partial charge is 0.345 e. The predicted molar refractivity (Wildman–Crippen MR) is 88.5 cm³/mol. The summed E-state index contributed by atoms with van der Waals surface area (Å²) in [5.74, 6) is 1.18. The smallest absolute Gasteiger partial charge is 0.106 e. The summed E-state index contributed by atoms with van der Waals surface area (Å²) in [4.78, 5) is 8.61. The molecule has 0 bridgehead atoms. The average molecular weight is 278 g/mol. The van der Waals surface area contributed by atoms with Crippen LogP contribution in [0.2, 0.25) is 0 Å². The summed E-state index contributed by atoms with van der Waals surface area (Å²) in [7, 11) is 0. The summed E-state index contributed by atoms with van der Waals surface area (Å²) >= 11 is 0. The Hall–Kier alpha value is -0.790. The SMILES string of the molecule is CCCCCc1nc(C(C)(C)C)c(C(C)(C)CCC)[nH]1. The third-order valence-corrected chi connectivity index (χ3v) is 4.03. The monoisotopic (exact) mass is 278 g/mol. The molecule has 0 radical (unpaired) electrons. The summed E-state index contributed by atoms with van der Waals surface area (Å²) in [6, 6.07) is 0. The van der Waals surface area contributed by atoms with Gasteiger partial charge in [-0.3, -0.25) is 0 Å². The van der Waals surface area contributed by atoms with E-state index < -0.39 is 0 Å². The minimum Gasteiger partial charge on any atom is -0.345 e. The Bertz CT molecular complexity index is 408. The fourth-order valence-electron chi connectivity index (χ4n) is 2.87. The van der Waals surface area contributed by atoms with Crippen LogP contribution in [0.1, 0.15) is 97.8 Å². The van der Waals surface area contributed by atoms with E-state index in [-0.39, 0.29) is 10.8 Å². The van der Waals surface area contributed by atoms with Crippen LogP contribution in [-0.4, -0.2) is 9.97 Å². The molecule has 1 aromatic heterocycles. The molecule has 0 amide bonds. The highest BCUT2D eigenvalue weighted by atomic mass is 15.0. The molecule has 1 heterocycles. The van der Waals surface area contributed by atoms with E-state index in [2.05, 4.69) is 53.5 Å². The standard InChI is InChI=1S/C18H34N2/c1-8-10-11-12-14-19-15(17(3,4)5)16(20-14)18(6,7)13-9-2/h8-13H2,1-7H3,(H,19,20). The first-order valence-electron chi connectivity index (χ1n) is 8.32. The van der Waals surface area contributed by atoms with Crippen molar-refractivity contribution in [1.29, 1.82) is 0 Å². The van der Waals surface area contributed by atoms with Crippen LogP contribution in [0, 0.1) is 0 Å². The Kier molecular flexibility index (Phi) is 5.85. The molecule has 2 heteroatoms. The van der Waals surface area contributed by atoms with Gasteiger partial charge in [0.25, 0.3) is 0 Å². The highest BCUT2D eigenvalue weighted by molar-refractivity contribution is 5.28. The van der Waals surface area contributed by atoms with Crippen LogP contribution in [-0.2, 0) is 17.3 Å². The number of nitrogens with zero attached hydrogens (tertiary/aromatic N) is 1. The van der Waals surface area contributed by atoms with Crippen LogP contribution >= 0.6 is 0 Å². The Balaban J connectivity index is 3.07. The molecule has 0 spiro atoms. The Labute approximate surface area is 125 Å². The first kappa shape index (κ1) is 17.3. The number of hydrogen-bond donors (Lipinski definition) is 1. The zero-order valence-corrected chi connectivity index (χ0v) is 14.7. The third-order valence-electron chi connectivity index (χ3n) is 4.03. The number of hydrogen-bond acceptors (Lipinski definition) is 1. The lowest BCUT2D eigenvalue weighted by molar-refractivity contribution is 0.441. The van der Waals surface area contributed by atoms with Crippen LogP contribution in [0.3, 0.4) is 0 Å². The Morgan fingerprint density at radius 3 is 2.10 bits per heavy atom. The molecule has 0 unspecified atom stereocenters. The predicted octanol–water partition coefficient (Wildman–Crippen LogP) is 5.52. The van der Waals surface area contributed by atoms with Crippen molar-refractivity contribution in [2.75, 3.05) is 0 Å². The van der Waals surface area contributed by atoms with E-state index in [1.54, 1.807) is 0 Å². The van der Waals surface area contributed by atoms with Gasteiger partial charge < -0.3 is 4.98 Å². The molecule has 0 aliphatic carbocycles. The number of aromatic amines is 1. The maximum Gasteiger partial charge on any atom is 0.106 e. The molecular formula is C18H34N2. The second-order valence-corrected chi connectivity index (χ2v) is 7.75. The molecule has 0 saturated heterocycles. The van der Waals surface area contributed by atoms with Crippen LogP contribution in [0.15, 0.2) is 0 Å². The van der Waals surface area contributed by atoms with Gasteiger partial charge in [0.1, 0.15) is 5.82 Å². The molecule has 20 heavy (non-hydrogen) atoms. The minimum absolute atomic E-state index is 0.111. The van der Waals surface area contributed by atoms with Gasteiger partial charge in [-0.05, 0) is 12.8 Å². The van der Waals surface area contributed by atoms with E-state index in [4.69, 9.17) is 4.98 Å². The number of nitrogens with one attached hydrogen (secondary N) is 1. The zero-order valence-electron chi connectivity index (χ0n) is 14.7. The van der Waals surface area contributed by atoms with Gasteiger partial charge in [0.2, 0.25) is 0 Å². The van der Waals surface area contributed by atoms with Crippen molar-refractivity contribution in [1.82, 2.24) is 9.97 Å². The number of H-pyrrole nitrogens is 1. The number of rotatable bonds is 7. The molecule has 2 nitrogen and oxygen atoms in total. The number of unbranched alkanes of at least 4 members (excludes halogenated alkanes) is 2. The highest BCUT2D eigenvalue weighted by Crippen LogP contribution is 2.35. The molecule has 0 fully saturated rings. The number of imidazole rings is 1. The molecule has 0 atom stereocenters. The molecule has 0 aromatic carbocycles. The normalized spacial score (nSPS) is 12.9. The number of aromatic nitrogens is 2. The van der Waals surface area contributed by atoms with Crippen molar-refractivity contribution in [2.24, 2.45) is 0 Å². The van der Waals surface area contributed by atoms with Gasteiger partial charge in [-0.1, -0.05) is 67.7 Å². The molecule has 116 valence electrons. The maximum atomic E-state index is 4.95. The summed E-state index contributed by atoms with van der Waals surface area (Å²) in [5, 5.41) is 0. The molecule has 1 rings (SSSR count). The van der Waals surface area contributed by atoms with E-state index in [1.807, 2.05) is 0 Å². The van der Waals surface area contributed by atoms with Crippen LogP contribution in [0.5, 0.6) is 0 Å².